The van der Waals surface area contributed by atoms with Crippen LogP contribution in [0.1, 0.15) is 37.3 Å². The smallest absolute Gasteiger partial charge is 0.125 e. The van der Waals surface area contributed by atoms with Gasteiger partial charge in [-0.05, 0) is 43.1 Å². The maximum Gasteiger partial charge on any atom is 0.125 e. The predicted octanol–water partition coefficient (Wildman–Crippen LogP) is 3.60. The molecule has 3 heteroatoms. The topological polar surface area (TPSA) is 21.3 Å². The normalized spacial score (nSPS) is 15.3. The van der Waals surface area contributed by atoms with Crippen molar-refractivity contribution in [3.63, 3.8) is 0 Å². The molecule has 2 nitrogen and oxygen atoms in total. The number of unbranched alkanes of at least 4 members (excludes halogenated alkanes) is 1. The lowest BCUT2D eigenvalue weighted by Crippen LogP contribution is -2.27. The fourth-order valence-electron chi connectivity index (χ4n) is 2.56. The van der Waals surface area contributed by atoms with Gasteiger partial charge in [-0.15, -0.1) is 0 Å². The van der Waals surface area contributed by atoms with Crippen molar-refractivity contribution in [2.45, 2.75) is 45.1 Å². The zero-order valence-corrected chi connectivity index (χ0v) is 12.0. The van der Waals surface area contributed by atoms with Crippen LogP contribution in [0.15, 0.2) is 12.1 Å². The Bertz CT molecular complexity index is 406. The van der Waals surface area contributed by atoms with E-state index in [4.69, 9.17) is 16.3 Å². The lowest BCUT2D eigenvalue weighted by Gasteiger charge is -2.17. The van der Waals surface area contributed by atoms with Gasteiger partial charge in [0.15, 0.2) is 0 Å². The molecule has 1 atom stereocenters. The van der Waals surface area contributed by atoms with Gasteiger partial charge in [0.1, 0.15) is 5.75 Å². The molecule has 1 heterocycles. The minimum absolute atomic E-state index is 0.511. The second-order valence-corrected chi connectivity index (χ2v) is 5.42. The van der Waals surface area contributed by atoms with Crippen LogP contribution in [-0.2, 0) is 12.8 Å². The van der Waals surface area contributed by atoms with Gasteiger partial charge in [-0.2, -0.15) is 0 Å². The summed E-state index contributed by atoms with van der Waals surface area (Å²) in [6.45, 7) is 3.02. The Hall–Kier alpha value is -0.730. The molecule has 0 spiro atoms. The molecule has 0 saturated heterocycles. The predicted molar refractivity (Wildman–Crippen MR) is 76.7 cm³/mol. The number of likely N-dealkylation sites (N-methyl/N-ethyl adjacent to an activating group) is 1. The van der Waals surface area contributed by atoms with Gasteiger partial charge in [0, 0.05) is 17.5 Å². The van der Waals surface area contributed by atoms with E-state index in [1.807, 2.05) is 13.1 Å². The van der Waals surface area contributed by atoms with E-state index >= 15 is 0 Å². The van der Waals surface area contributed by atoms with Crippen molar-refractivity contribution in [2.75, 3.05) is 13.7 Å². The summed E-state index contributed by atoms with van der Waals surface area (Å²) < 4.78 is 5.75. The maximum absolute atomic E-state index is 6.18. The SMILES string of the molecule is CCCCC(Cc1cc(Cl)cc2c1OCC2)NC. The molecule has 0 radical (unpaired) electrons. The van der Waals surface area contributed by atoms with Gasteiger partial charge in [0.05, 0.1) is 6.61 Å². The molecule has 1 aromatic carbocycles. The number of fused-ring (bicyclic) bond motifs is 1. The van der Waals surface area contributed by atoms with Crippen molar-refractivity contribution in [3.8, 4) is 5.75 Å². The molecule has 0 bridgehead atoms. The first-order chi connectivity index (χ1) is 8.74. The molecule has 0 aromatic heterocycles. The Labute approximate surface area is 115 Å². The highest BCUT2D eigenvalue weighted by atomic mass is 35.5. The molecule has 18 heavy (non-hydrogen) atoms. The van der Waals surface area contributed by atoms with Gasteiger partial charge in [-0.1, -0.05) is 31.4 Å². The van der Waals surface area contributed by atoms with Gasteiger partial charge >= 0.3 is 0 Å². The third kappa shape index (κ3) is 3.18. The van der Waals surface area contributed by atoms with E-state index in [0.717, 1.165) is 30.2 Å². The van der Waals surface area contributed by atoms with Gasteiger partial charge < -0.3 is 10.1 Å². The summed E-state index contributed by atoms with van der Waals surface area (Å²) in [7, 11) is 2.03. The average Bonchev–Trinajstić information content (AvgIpc) is 2.82. The third-order valence-corrected chi connectivity index (χ3v) is 3.82. The van der Waals surface area contributed by atoms with Crippen LogP contribution in [0.2, 0.25) is 5.02 Å². The molecular weight excluding hydrogens is 246 g/mol. The Morgan fingerprint density at radius 1 is 1.44 bits per heavy atom. The first-order valence-corrected chi connectivity index (χ1v) is 7.23. The monoisotopic (exact) mass is 267 g/mol. The van der Waals surface area contributed by atoms with Crippen LogP contribution in [0.3, 0.4) is 0 Å². The lowest BCUT2D eigenvalue weighted by molar-refractivity contribution is 0.351. The summed E-state index contributed by atoms with van der Waals surface area (Å²) >= 11 is 6.18. The zero-order chi connectivity index (χ0) is 13.0. The minimum atomic E-state index is 0.511. The molecule has 1 aromatic rings. The highest BCUT2D eigenvalue weighted by Crippen LogP contribution is 2.33. The second kappa shape index (κ2) is 6.44. The largest absolute Gasteiger partial charge is 0.493 e. The van der Waals surface area contributed by atoms with Gasteiger partial charge in [-0.3, -0.25) is 0 Å². The Morgan fingerprint density at radius 2 is 2.28 bits per heavy atom. The minimum Gasteiger partial charge on any atom is -0.493 e. The van der Waals surface area contributed by atoms with E-state index in [1.54, 1.807) is 0 Å². The van der Waals surface area contributed by atoms with Crippen LogP contribution in [-0.4, -0.2) is 19.7 Å². The Kier molecular flexibility index (Phi) is 4.90. The fourth-order valence-corrected chi connectivity index (χ4v) is 2.83. The number of hydrogen-bond donors (Lipinski definition) is 1. The summed E-state index contributed by atoms with van der Waals surface area (Å²) in [5, 5.41) is 4.23. The molecular formula is C15H22ClNO. The Morgan fingerprint density at radius 3 is 3.00 bits per heavy atom. The number of benzene rings is 1. The van der Waals surface area contributed by atoms with Crippen LogP contribution in [0.25, 0.3) is 0 Å². The molecule has 1 aliphatic heterocycles. The fraction of sp³-hybridized carbons (Fsp3) is 0.600. The lowest BCUT2D eigenvalue weighted by atomic mass is 9.98. The summed E-state index contributed by atoms with van der Waals surface area (Å²) in [4.78, 5) is 0. The van der Waals surface area contributed by atoms with Crippen molar-refractivity contribution in [1.82, 2.24) is 5.32 Å². The molecule has 0 saturated carbocycles. The van der Waals surface area contributed by atoms with Crippen molar-refractivity contribution in [3.05, 3.63) is 28.3 Å². The first kappa shape index (κ1) is 13.7. The molecule has 0 aliphatic carbocycles. The molecule has 1 aliphatic rings. The number of ether oxygens (including phenoxy) is 1. The molecule has 1 N–H and O–H groups in total. The van der Waals surface area contributed by atoms with Crippen LogP contribution in [0.4, 0.5) is 0 Å². The summed E-state index contributed by atoms with van der Waals surface area (Å²) in [6.07, 6.45) is 5.69. The maximum atomic E-state index is 6.18. The van der Waals surface area contributed by atoms with Gasteiger partial charge in [0.25, 0.3) is 0 Å². The van der Waals surface area contributed by atoms with E-state index in [-0.39, 0.29) is 0 Å². The average molecular weight is 268 g/mol. The molecule has 1 unspecified atom stereocenters. The zero-order valence-electron chi connectivity index (χ0n) is 11.3. The van der Waals surface area contributed by atoms with Crippen molar-refractivity contribution >= 4 is 11.6 Å². The number of nitrogens with one attached hydrogen (secondary N) is 1. The molecule has 100 valence electrons. The number of hydrogen-bond acceptors (Lipinski definition) is 2. The summed E-state index contributed by atoms with van der Waals surface area (Å²) in [6, 6.07) is 4.60. The van der Waals surface area contributed by atoms with Crippen molar-refractivity contribution in [2.24, 2.45) is 0 Å². The second-order valence-electron chi connectivity index (χ2n) is 4.98. The van der Waals surface area contributed by atoms with Crippen molar-refractivity contribution in [1.29, 1.82) is 0 Å². The summed E-state index contributed by atoms with van der Waals surface area (Å²) in [5.41, 5.74) is 2.52. The standard InChI is InChI=1S/C15H22ClNO/c1-3-4-5-14(17-2)10-12-9-13(16)8-11-6-7-18-15(11)12/h8-9,14,17H,3-7,10H2,1-2H3. The number of rotatable bonds is 6. The number of halogens is 1. The first-order valence-electron chi connectivity index (χ1n) is 6.86. The van der Waals surface area contributed by atoms with E-state index < -0.39 is 0 Å². The Balaban J connectivity index is 2.12. The van der Waals surface area contributed by atoms with Gasteiger partial charge in [0.2, 0.25) is 0 Å². The van der Waals surface area contributed by atoms with E-state index in [1.165, 1.54) is 30.4 Å². The molecule has 0 fully saturated rings. The van der Waals surface area contributed by atoms with Crippen LogP contribution in [0.5, 0.6) is 5.75 Å². The quantitative estimate of drug-likeness (QED) is 0.850. The van der Waals surface area contributed by atoms with Gasteiger partial charge in [-0.25, -0.2) is 0 Å². The third-order valence-electron chi connectivity index (χ3n) is 3.61. The van der Waals surface area contributed by atoms with E-state index in [0.29, 0.717) is 6.04 Å². The molecule has 2 rings (SSSR count). The molecule has 0 amide bonds. The summed E-state index contributed by atoms with van der Waals surface area (Å²) in [5.74, 6) is 1.08. The van der Waals surface area contributed by atoms with Crippen LogP contribution >= 0.6 is 11.6 Å². The van der Waals surface area contributed by atoms with Crippen LogP contribution in [0, 0.1) is 0 Å². The van der Waals surface area contributed by atoms with Crippen molar-refractivity contribution < 1.29 is 4.74 Å². The van der Waals surface area contributed by atoms with E-state index in [2.05, 4.69) is 18.3 Å². The highest BCUT2D eigenvalue weighted by molar-refractivity contribution is 6.30. The highest BCUT2D eigenvalue weighted by Gasteiger charge is 2.19. The van der Waals surface area contributed by atoms with E-state index in [9.17, 15) is 0 Å². The van der Waals surface area contributed by atoms with Crippen LogP contribution < -0.4 is 10.1 Å².